The van der Waals surface area contributed by atoms with E-state index in [1.807, 2.05) is 42.6 Å². The van der Waals surface area contributed by atoms with E-state index >= 15 is 0 Å². The number of carbonyl (C=O) groups excluding carboxylic acids is 3. The van der Waals surface area contributed by atoms with Crippen LogP contribution in [0, 0.1) is 6.92 Å². The summed E-state index contributed by atoms with van der Waals surface area (Å²) in [5, 5.41) is 7.64. The Morgan fingerprint density at radius 1 is 1.03 bits per heavy atom. The van der Waals surface area contributed by atoms with Gasteiger partial charge in [-0.2, -0.15) is 0 Å². The van der Waals surface area contributed by atoms with Gasteiger partial charge >= 0.3 is 0 Å². The molecule has 1 atom stereocenters. The van der Waals surface area contributed by atoms with Gasteiger partial charge < -0.3 is 15.5 Å². The Morgan fingerprint density at radius 2 is 1.81 bits per heavy atom. The molecule has 4 rings (SSSR count). The molecule has 1 fully saturated rings. The maximum absolute atomic E-state index is 13.1. The zero-order chi connectivity index (χ0) is 22.5. The number of benzene rings is 2. The molecule has 1 saturated heterocycles. The van der Waals surface area contributed by atoms with Crippen LogP contribution in [0.25, 0.3) is 0 Å². The van der Waals surface area contributed by atoms with Crippen LogP contribution < -0.4 is 10.6 Å². The molecule has 164 valence electrons. The number of thiophene rings is 1. The Morgan fingerprint density at radius 3 is 2.56 bits per heavy atom. The summed E-state index contributed by atoms with van der Waals surface area (Å²) in [6.45, 7) is 2.96. The molecule has 1 aliphatic heterocycles. The first kappa shape index (κ1) is 21.8. The van der Waals surface area contributed by atoms with E-state index in [1.165, 1.54) is 11.3 Å². The fourth-order valence-electron chi connectivity index (χ4n) is 3.81. The van der Waals surface area contributed by atoms with Gasteiger partial charge in [-0.3, -0.25) is 14.4 Å². The molecule has 3 aromatic rings. The number of anilines is 1. The molecule has 2 N–H and O–H groups in total. The third kappa shape index (κ3) is 4.89. The number of hydrogen-bond donors (Lipinski definition) is 2. The Hall–Kier alpha value is -3.45. The van der Waals surface area contributed by atoms with Crippen molar-refractivity contribution in [3.05, 3.63) is 87.6 Å². The number of hydrogen-bond acceptors (Lipinski definition) is 4. The molecular formula is C25H25N3O3S. The molecule has 1 aliphatic rings. The first-order valence-corrected chi connectivity index (χ1v) is 11.5. The summed E-state index contributed by atoms with van der Waals surface area (Å²) in [5.41, 5.74) is 2.99. The van der Waals surface area contributed by atoms with Gasteiger partial charge in [-0.25, -0.2) is 0 Å². The molecule has 1 aromatic heterocycles. The predicted molar refractivity (Wildman–Crippen MR) is 126 cm³/mol. The zero-order valence-corrected chi connectivity index (χ0v) is 18.7. The minimum absolute atomic E-state index is 0.123. The summed E-state index contributed by atoms with van der Waals surface area (Å²) in [6, 6.07) is 17.9. The van der Waals surface area contributed by atoms with Gasteiger partial charge in [0.1, 0.15) is 6.04 Å². The largest absolute Gasteiger partial charge is 0.348 e. The molecular weight excluding hydrogens is 422 g/mol. The minimum atomic E-state index is -0.548. The lowest BCUT2D eigenvalue weighted by molar-refractivity contribution is -0.119. The summed E-state index contributed by atoms with van der Waals surface area (Å²) in [7, 11) is 0. The van der Waals surface area contributed by atoms with Crippen LogP contribution in [0.1, 0.15) is 44.0 Å². The fourth-order valence-corrected chi connectivity index (χ4v) is 4.49. The number of likely N-dealkylation sites (tertiary alicyclic amines) is 1. The number of aryl methyl sites for hydroxylation is 1. The summed E-state index contributed by atoms with van der Waals surface area (Å²) in [5.74, 6) is -0.660. The molecule has 0 spiro atoms. The molecule has 2 aromatic carbocycles. The average Bonchev–Trinajstić information content (AvgIpc) is 3.51. The van der Waals surface area contributed by atoms with Gasteiger partial charge in [-0.15, -0.1) is 11.3 Å². The number of amides is 3. The average molecular weight is 448 g/mol. The van der Waals surface area contributed by atoms with Gasteiger partial charge in [-0.1, -0.05) is 48.0 Å². The molecule has 0 saturated carbocycles. The van der Waals surface area contributed by atoms with E-state index < -0.39 is 6.04 Å². The van der Waals surface area contributed by atoms with Crippen LogP contribution in [0.5, 0.6) is 0 Å². The second kappa shape index (κ2) is 9.78. The lowest BCUT2D eigenvalue weighted by Gasteiger charge is -2.24. The van der Waals surface area contributed by atoms with Crippen molar-refractivity contribution >= 4 is 34.7 Å². The number of carbonyl (C=O) groups is 3. The molecule has 7 heteroatoms. The molecule has 0 aliphatic carbocycles. The van der Waals surface area contributed by atoms with Crippen molar-refractivity contribution in [1.29, 1.82) is 0 Å². The summed E-state index contributed by atoms with van der Waals surface area (Å²) >= 11 is 1.37. The Kier molecular flexibility index (Phi) is 6.66. The molecule has 32 heavy (non-hydrogen) atoms. The van der Waals surface area contributed by atoms with Crippen molar-refractivity contribution in [2.45, 2.75) is 32.4 Å². The third-order valence-corrected chi connectivity index (χ3v) is 6.41. The highest BCUT2D eigenvalue weighted by molar-refractivity contribution is 7.12. The van der Waals surface area contributed by atoms with Crippen LogP contribution in [0.2, 0.25) is 0 Å². The van der Waals surface area contributed by atoms with Gasteiger partial charge in [-0.05, 0) is 48.9 Å². The standard InChI is InChI=1S/C25H25N3O3S/c1-17-10-12-18(13-11-17)16-26-23(29)19-6-2-3-7-20(19)27-24(30)21-8-4-14-28(21)25(31)22-9-5-15-32-22/h2-3,5-7,9-13,15,21H,4,8,14,16H2,1H3,(H,26,29)(H,27,30)/t21-/m0/s1. The highest BCUT2D eigenvalue weighted by atomic mass is 32.1. The molecule has 3 amide bonds. The van der Waals surface area contributed by atoms with Crippen molar-refractivity contribution in [3.63, 3.8) is 0 Å². The minimum Gasteiger partial charge on any atom is -0.348 e. The van der Waals surface area contributed by atoms with Crippen LogP contribution in [-0.4, -0.2) is 35.2 Å². The van der Waals surface area contributed by atoms with E-state index in [1.54, 1.807) is 35.2 Å². The topological polar surface area (TPSA) is 78.5 Å². The summed E-state index contributed by atoms with van der Waals surface area (Å²) in [6.07, 6.45) is 1.37. The number of para-hydroxylation sites is 1. The van der Waals surface area contributed by atoms with Crippen LogP contribution >= 0.6 is 11.3 Å². The second-order valence-electron chi connectivity index (χ2n) is 7.84. The molecule has 0 radical (unpaired) electrons. The smallest absolute Gasteiger partial charge is 0.264 e. The van der Waals surface area contributed by atoms with E-state index in [4.69, 9.17) is 0 Å². The summed E-state index contributed by atoms with van der Waals surface area (Å²) < 4.78 is 0. The molecule has 2 heterocycles. The Balaban J connectivity index is 1.44. The van der Waals surface area contributed by atoms with Crippen molar-refractivity contribution in [3.8, 4) is 0 Å². The lowest BCUT2D eigenvalue weighted by Crippen LogP contribution is -2.43. The van der Waals surface area contributed by atoms with Crippen molar-refractivity contribution in [2.24, 2.45) is 0 Å². The van der Waals surface area contributed by atoms with Gasteiger partial charge in [0, 0.05) is 13.1 Å². The quantitative estimate of drug-likeness (QED) is 0.594. The SMILES string of the molecule is Cc1ccc(CNC(=O)c2ccccc2NC(=O)[C@@H]2CCCN2C(=O)c2cccs2)cc1. The van der Waals surface area contributed by atoms with Crippen LogP contribution in [0.3, 0.4) is 0 Å². The van der Waals surface area contributed by atoms with E-state index in [2.05, 4.69) is 10.6 Å². The molecule has 0 bridgehead atoms. The van der Waals surface area contributed by atoms with Crippen molar-refractivity contribution in [1.82, 2.24) is 10.2 Å². The first-order valence-electron chi connectivity index (χ1n) is 10.6. The van der Waals surface area contributed by atoms with Crippen LogP contribution in [0.4, 0.5) is 5.69 Å². The Bertz CT molecular complexity index is 1110. The van der Waals surface area contributed by atoms with Crippen LogP contribution in [0.15, 0.2) is 66.0 Å². The maximum Gasteiger partial charge on any atom is 0.264 e. The number of rotatable bonds is 6. The monoisotopic (exact) mass is 447 g/mol. The number of nitrogens with one attached hydrogen (secondary N) is 2. The fraction of sp³-hybridized carbons (Fsp3) is 0.240. The van der Waals surface area contributed by atoms with Crippen molar-refractivity contribution < 1.29 is 14.4 Å². The summed E-state index contributed by atoms with van der Waals surface area (Å²) in [4.78, 5) is 40.9. The van der Waals surface area contributed by atoms with Gasteiger partial charge in [0.15, 0.2) is 0 Å². The molecule has 6 nitrogen and oxygen atoms in total. The third-order valence-electron chi connectivity index (χ3n) is 5.55. The van der Waals surface area contributed by atoms with E-state index in [-0.39, 0.29) is 17.7 Å². The highest BCUT2D eigenvalue weighted by Crippen LogP contribution is 2.24. The van der Waals surface area contributed by atoms with Gasteiger partial charge in [0.05, 0.1) is 16.1 Å². The Labute approximate surface area is 191 Å². The van der Waals surface area contributed by atoms with E-state index in [0.717, 1.165) is 17.5 Å². The first-order chi connectivity index (χ1) is 15.5. The van der Waals surface area contributed by atoms with Gasteiger partial charge in [0.2, 0.25) is 5.91 Å². The normalized spacial score (nSPS) is 15.4. The van der Waals surface area contributed by atoms with E-state index in [0.29, 0.717) is 35.6 Å². The predicted octanol–water partition coefficient (Wildman–Crippen LogP) is 4.23. The van der Waals surface area contributed by atoms with E-state index in [9.17, 15) is 14.4 Å². The highest BCUT2D eigenvalue weighted by Gasteiger charge is 2.35. The lowest BCUT2D eigenvalue weighted by atomic mass is 10.1. The van der Waals surface area contributed by atoms with Crippen LogP contribution in [-0.2, 0) is 11.3 Å². The number of nitrogens with zero attached hydrogens (tertiary/aromatic N) is 1. The van der Waals surface area contributed by atoms with Crippen molar-refractivity contribution in [2.75, 3.05) is 11.9 Å². The van der Waals surface area contributed by atoms with Gasteiger partial charge in [0.25, 0.3) is 11.8 Å². The second-order valence-corrected chi connectivity index (χ2v) is 8.78. The molecule has 0 unspecified atom stereocenters. The zero-order valence-electron chi connectivity index (χ0n) is 17.8. The maximum atomic E-state index is 13.1.